The number of nitrogen functional groups attached to an aromatic ring is 1. The highest BCUT2D eigenvalue weighted by Crippen LogP contribution is 2.15. The molecule has 5 heteroatoms. The molecule has 2 rings (SSSR count). The molecule has 0 bridgehead atoms. The summed E-state index contributed by atoms with van der Waals surface area (Å²) in [5.41, 5.74) is 7.84. The number of rotatable bonds is 2. The highest BCUT2D eigenvalue weighted by molar-refractivity contribution is 9.10. The van der Waals surface area contributed by atoms with E-state index >= 15 is 0 Å². The molecular weight excluding hydrogens is 294 g/mol. The van der Waals surface area contributed by atoms with E-state index in [1.165, 1.54) is 0 Å². The van der Waals surface area contributed by atoms with Crippen LogP contribution in [0.2, 0.25) is 0 Å². The number of carbonyl (C=O) groups excluding carboxylic acids is 1. The number of nitrogens with zero attached hydrogens (tertiary/aromatic N) is 1. The molecule has 0 unspecified atom stereocenters. The average Bonchev–Trinajstić information content (AvgIpc) is 2.35. The van der Waals surface area contributed by atoms with Gasteiger partial charge in [0.25, 0.3) is 5.91 Å². The maximum Gasteiger partial charge on any atom is 0.256 e. The van der Waals surface area contributed by atoms with Crippen molar-refractivity contribution in [2.24, 2.45) is 0 Å². The zero-order valence-electron chi connectivity index (χ0n) is 9.77. The summed E-state index contributed by atoms with van der Waals surface area (Å²) in [5, 5.41) is 2.71. The first-order valence-electron chi connectivity index (χ1n) is 5.35. The third-order valence-corrected chi connectivity index (χ3v) is 2.98. The fourth-order valence-electron chi connectivity index (χ4n) is 1.42. The topological polar surface area (TPSA) is 68.0 Å². The van der Waals surface area contributed by atoms with Gasteiger partial charge in [-0.05, 0) is 52.7 Å². The van der Waals surface area contributed by atoms with Gasteiger partial charge in [0.05, 0.1) is 0 Å². The molecule has 4 nitrogen and oxygen atoms in total. The van der Waals surface area contributed by atoms with Crippen LogP contribution in [0, 0.1) is 6.92 Å². The van der Waals surface area contributed by atoms with Gasteiger partial charge >= 0.3 is 0 Å². The number of anilines is 2. The van der Waals surface area contributed by atoms with E-state index in [4.69, 9.17) is 5.73 Å². The van der Waals surface area contributed by atoms with E-state index in [1.54, 1.807) is 24.4 Å². The third-order valence-electron chi connectivity index (χ3n) is 2.51. The van der Waals surface area contributed by atoms with E-state index in [2.05, 4.69) is 26.2 Å². The third kappa shape index (κ3) is 2.87. The quantitative estimate of drug-likeness (QED) is 0.838. The molecule has 0 saturated heterocycles. The summed E-state index contributed by atoms with van der Waals surface area (Å²) >= 11 is 3.28. The first-order chi connectivity index (χ1) is 8.56. The van der Waals surface area contributed by atoms with Gasteiger partial charge in [0, 0.05) is 21.9 Å². The number of nitrogens with two attached hydrogens (primary N) is 1. The lowest BCUT2D eigenvalue weighted by Crippen LogP contribution is -2.13. The van der Waals surface area contributed by atoms with Crippen LogP contribution in [0.3, 0.4) is 0 Å². The molecule has 92 valence electrons. The number of hydrogen-bond donors (Lipinski definition) is 2. The SMILES string of the molecule is Cc1ccc(C(=O)Nc2ccc(Br)cn2)cc1N. The lowest BCUT2D eigenvalue weighted by Gasteiger charge is -2.06. The molecule has 0 radical (unpaired) electrons. The molecule has 1 aromatic heterocycles. The molecule has 1 amide bonds. The van der Waals surface area contributed by atoms with E-state index in [1.807, 2.05) is 19.1 Å². The van der Waals surface area contributed by atoms with Crippen molar-refractivity contribution in [3.63, 3.8) is 0 Å². The Bertz CT molecular complexity index is 581. The van der Waals surface area contributed by atoms with Gasteiger partial charge < -0.3 is 11.1 Å². The molecule has 3 N–H and O–H groups in total. The maximum absolute atomic E-state index is 11.9. The molecule has 0 saturated carbocycles. The van der Waals surface area contributed by atoms with Crippen LogP contribution < -0.4 is 11.1 Å². The van der Waals surface area contributed by atoms with Gasteiger partial charge in [-0.15, -0.1) is 0 Å². The molecule has 18 heavy (non-hydrogen) atoms. The van der Waals surface area contributed by atoms with E-state index in [0.29, 0.717) is 17.1 Å². The number of halogens is 1. The standard InChI is InChI=1S/C13H12BrN3O/c1-8-2-3-9(6-11(8)15)13(18)17-12-5-4-10(14)7-16-12/h2-7H,15H2,1H3,(H,16,17,18). The van der Waals surface area contributed by atoms with Gasteiger partial charge in [-0.2, -0.15) is 0 Å². The maximum atomic E-state index is 11.9. The average molecular weight is 306 g/mol. The van der Waals surface area contributed by atoms with Crippen LogP contribution in [0.1, 0.15) is 15.9 Å². The number of aryl methyl sites for hydroxylation is 1. The minimum Gasteiger partial charge on any atom is -0.398 e. The van der Waals surface area contributed by atoms with Crippen LogP contribution in [0.4, 0.5) is 11.5 Å². The van der Waals surface area contributed by atoms with Crippen molar-refractivity contribution in [3.05, 3.63) is 52.1 Å². The minimum atomic E-state index is -0.225. The van der Waals surface area contributed by atoms with Crippen LogP contribution in [-0.2, 0) is 0 Å². The summed E-state index contributed by atoms with van der Waals surface area (Å²) in [4.78, 5) is 16.0. The van der Waals surface area contributed by atoms with Gasteiger partial charge in [-0.3, -0.25) is 4.79 Å². The van der Waals surface area contributed by atoms with E-state index in [0.717, 1.165) is 10.0 Å². The lowest BCUT2D eigenvalue weighted by molar-refractivity contribution is 0.102. The fraction of sp³-hybridized carbons (Fsp3) is 0.0769. The first-order valence-corrected chi connectivity index (χ1v) is 6.14. The predicted octanol–water partition coefficient (Wildman–Crippen LogP) is 2.99. The van der Waals surface area contributed by atoms with Crippen LogP contribution in [0.25, 0.3) is 0 Å². The highest BCUT2D eigenvalue weighted by Gasteiger charge is 2.07. The monoisotopic (exact) mass is 305 g/mol. The number of nitrogens with one attached hydrogen (secondary N) is 1. The van der Waals surface area contributed by atoms with E-state index in [-0.39, 0.29) is 5.91 Å². The Morgan fingerprint density at radius 3 is 2.72 bits per heavy atom. The predicted molar refractivity (Wildman–Crippen MR) is 75.5 cm³/mol. The Morgan fingerprint density at radius 1 is 1.33 bits per heavy atom. The van der Waals surface area contributed by atoms with Crippen molar-refractivity contribution < 1.29 is 4.79 Å². The van der Waals surface area contributed by atoms with E-state index in [9.17, 15) is 4.79 Å². The van der Waals surface area contributed by atoms with Crippen molar-refractivity contribution in [2.45, 2.75) is 6.92 Å². The Kier molecular flexibility index (Phi) is 3.62. The zero-order valence-corrected chi connectivity index (χ0v) is 11.4. The fourth-order valence-corrected chi connectivity index (χ4v) is 1.65. The summed E-state index contributed by atoms with van der Waals surface area (Å²) in [6.07, 6.45) is 1.62. The number of hydrogen-bond acceptors (Lipinski definition) is 3. The van der Waals surface area contributed by atoms with Gasteiger partial charge in [0.2, 0.25) is 0 Å². The Hall–Kier alpha value is -1.88. The molecule has 0 aliphatic carbocycles. The van der Waals surface area contributed by atoms with Crippen molar-refractivity contribution in [1.82, 2.24) is 4.98 Å². The smallest absolute Gasteiger partial charge is 0.256 e. The highest BCUT2D eigenvalue weighted by atomic mass is 79.9. The van der Waals surface area contributed by atoms with Crippen molar-refractivity contribution in [1.29, 1.82) is 0 Å². The summed E-state index contributed by atoms with van der Waals surface area (Å²) < 4.78 is 0.861. The minimum absolute atomic E-state index is 0.225. The van der Waals surface area contributed by atoms with Gasteiger partial charge in [0.1, 0.15) is 5.82 Å². The Morgan fingerprint density at radius 2 is 2.11 bits per heavy atom. The van der Waals surface area contributed by atoms with Crippen LogP contribution in [0.5, 0.6) is 0 Å². The Labute approximate surface area is 113 Å². The number of carbonyl (C=O) groups is 1. The molecule has 1 aromatic carbocycles. The van der Waals surface area contributed by atoms with E-state index < -0.39 is 0 Å². The Balaban J connectivity index is 2.16. The van der Waals surface area contributed by atoms with Gasteiger partial charge in [0.15, 0.2) is 0 Å². The zero-order chi connectivity index (χ0) is 13.1. The van der Waals surface area contributed by atoms with Crippen molar-refractivity contribution in [3.8, 4) is 0 Å². The van der Waals surface area contributed by atoms with Crippen LogP contribution in [-0.4, -0.2) is 10.9 Å². The number of benzene rings is 1. The van der Waals surface area contributed by atoms with Crippen molar-refractivity contribution in [2.75, 3.05) is 11.1 Å². The molecular formula is C13H12BrN3O. The second-order valence-electron chi connectivity index (χ2n) is 3.89. The number of amides is 1. The molecule has 0 aliphatic rings. The largest absolute Gasteiger partial charge is 0.398 e. The molecule has 0 fully saturated rings. The number of pyridine rings is 1. The molecule has 2 aromatic rings. The summed E-state index contributed by atoms with van der Waals surface area (Å²) in [6, 6.07) is 8.74. The summed E-state index contributed by atoms with van der Waals surface area (Å²) in [7, 11) is 0. The summed E-state index contributed by atoms with van der Waals surface area (Å²) in [5.74, 6) is 0.277. The van der Waals surface area contributed by atoms with Crippen LogP contribution >= 0.6 is 15.9 Å². The lowest BCUT2D eigenvalue weighted by atomic mass is 10.1. The second-order valence-corrected chi connectivity index (χ2v) is 4.80. The second kappa shape index (κ2) is 5.18. The normalized spacial score (nSPS) is 10.1. The molecule has 0 spiro atoms. The van der Waals surface area contributed by atoms with Crippen molar-refractivity contribution >= 4 is 33.3 Å². The number of aromatic nitrogens is 1. The summed E-state index contributed by atoms with van der Waals surface area (Å²) in [6.45, 7) is 1.90. The van der Waals surface area contributed by atoms with Gasteiger partial charge in [-0.1, -0.05) is 6.07 Å². The first kappa shape index (κ1) is 12.6. The van der Waals surface area contributed by atoms with Crippen LogP contribution in [0.15, 0.2) is 41.0 Å². The molecule has 1 heterocycles. The van der Waals surface area contributed by atoms with Gasteiger partial charge in [-0.25, -0.2) is 4.98 Å². The molecule has 0 atom stereocenters. The molecule has 0 aliphatic heterocycles.